The van der Waals surface area contributed by atoms with Crippen LogP contribution in [0.2, 0.25) is 0 Å². The van der Waals surface area contributed by atoms with Gasteiger partial charge in [0, 0.05) is 6.54 Å². The topological polar surface area (TPSA) is 55.4 Å². The van der Waals surface area contributed by atoms with Crippen LogP contribution in [0.3, 0.4) is 0 Å². The van der Waals surface area contributed by atoms with Gasteiger partial charge in [0.15, 0.2) is 0 Å². The molecule has 0 saturated carbocycles. The predicted octanol–water partition coefficient (Wildman–Crippen LogP) is 1.52. The Balaban J connectivity index is 3.99. The molecule has 0 spiro atoms. The molecule has 0 aromatic carbocycles. The maximum absolute atomic E-state index is 11.6. The summed E-state index contributed by atoms with van der Waals surface area (Å²) in [5.41, 5.74) is -0.229. The van der Waals surface area contributed by atoms with Crippen LogP contribution in [0.15, 0.2) is 0 Å². The van der Waals surface area contributed by atoms with Crippen LogP contribution in [0, 0.1) is 0 Å². The van der Waals surface area contributed by atoms with E-state index in [4.69, 9.17) is 4.74 Å². The van der Waals surface area contributed by atoms with E-state index in [1.807, 2.05) is 20.8 Å². The molecule has 92 valence electrons. The summed E-state index contributed by atoms with van der Waals surface area (Å²) in [6, 6.07) is 0. The van der Waals surface area contributed by atoms with Crippen molar-refractivity contribution in [2.24, 2.45) is 0 Å². The van der Waals surface area contributed by atoms with E-state index in [1.165, 1.54) is 0 Å². The second kappa shape index (κ2) is 4.80. The van der Waals surface area contributed by atoms with Crippen molar-refractivity contribution < 1.29 is 13.2 Å². The Kier molecular flexibility index (Phi) is 4.76. The quantitative estimate of drug-likeness (QED) is 0.754. The third kappa shape index (κ3) is 6.12. The molecular weight excluding hydrogens is 214 g/mol. The molecule has 0 atom stereocenters. The van der Waals surface area contributed by atoms with Crippen LogP contribution in [-0.2, 0) is 14.8 Å². The fourth-order valence-electron chi connectivity index (χ4n) is 0.750. The highest BCUT2D eigenvalue weighted by Gasteiger charge is 2.28. The van der Waals surface area contributed by atoms with Crippen molar-refractivity contribution in [3.05, 3.63) is 0 Å². The number of hydrogen-bond acceptors (Lipinski definition) is 3. The maximum atomic E-state index is 11.6. The summed E-state index contributed by atoms with van der Waals surface area (Å²) in [5.74, 6) is 0. The molecule has 0 aromatic rings. The first-order valence-electron chi connectivity index (χ1n) is 5.09. The van der Waals surface area contributed by atoms with Gasteiger partial charge in [-0.1, -0.05) is 0 Å². The standard InChI is InChI=1S/C10H23NO3S/c1-9(2,3)14-8-7-11-15(12,13)10(4,5)6/h11H,7-8H2,1-6H3. The van der Waals surface area contributed by atoms with Crippen LogP contribution < -0.4 is 4.72 Å². The summed E-state index contributed by atoms with van der Waals surface area (Å²) in [4.78, 5) is 0. The van der Waals surface area contributed by atoms with Gasteiger partial charge < -0.3 is 4.74 Å². The third-order valence-corrected chi connectivity index (χ3v) is 3.93. The Morgan fingerprint density at radius 3 is 1.87 bits per heavy atom. The SMILES string of the molecule is CC(C)(C)OCCNS(=O)(=O)C(C)(C)C. The van der Waals surface area contributed by atoms with Crippen molar-refractivity contribution in [1.82, 2.24) is 4.72 Å². The largest absolute Gasteiger partial charge is 0.375 e. The third-order valence-electron chi connectivity index (χ3n) is 1.74. The van der Waals surface area contributed by atoms with Crippen molar-refractivity contribution >= 4 is 10.0 Å². The minimum atomic E-state index is -3.25. The lowest BCUT2D eigenvalue weighted by atomic mass is 10.2. The van der Waals surface area contributed by atoms with Crippen molar-refractivity contribution in [2.75, 3.05) is 13.2 Å². The Bertz CT molecular complexity index is 283. The van der Waals surface area contributed by atoms with Gasteiger partial charge in [-0.25, -0.2) is 13.1 Å². The summed E-state index contributed by atoms with van der Waals surface area (Å²) >= 11 is 0. The van der Waals surface area contributed by atoms with Gasteiger partial charge in [-0.15, -0.1) is 0 Å². The number of rotatable bonds is 4. The van der Waals surface area contributed by atoms with Crippen molar-refractivity contribution in [3.63, 3.8) is 0 Å². The molecule has 0 rings (SSSR count). The number of sulfonamides is 1. The molecule has 0 radical (unpaired) electrons. The molecule has 0 aromatic heterocycles. The summed E-state index contributed by atoms with van der Waals surface area (Å²) in [6.45, 7) is 11.5. The van der Waals surface area contributed by atoms with Crippen LogP contribution in [-0.4, -0.2) is 31.9 Å². The number of ether oxygens (including phenoxy) is 1. The Morgan fingerprint density at radius 1 is 1.07 bits per heavy atom. The molecule has 0 aliphatic heterocycles. The fourth-order valence-corrected chi connectivity index (χ4v) is 1.53. The van der Waals surface area contributed by atoms with Gasteiger partial charge >= 0.3 is 0 Å². The summed E-state index contributed by atoms with van der Waals surface area (Å²) in [5, 5.41) is 0. The van der Waals surface area contributed by atoms with Crippen LogP contribution in [0.5, 0.6) is 0 Å². The van der Waals surface area contributed by atoms with E-state index in [0.29, 0.717) is 13.2 Å². The Morgan fingerprint density at radius 2 is 1.53 bits per heavy atom. The first-order valence-corrected chi connectivity index (χ1v) is 6.57. The second-order valence-electron chi connectivity index (χ2n) is 5.47. The van der Waals surface area contributed by atoms with E-state index in [1.54, 1.807) is 20.8 Å². The second-order valence-corrected chi connectivity index (χ2v) is 7.99. The van der Waals surface area contributed by atoms with Crippen molar-refractivity contribution in [2.45, 2.75) is 51.9 Å². The fraction of sp³-hybridized carbons (Fsp3) is 1.00. The van der Waals surface area contributed by atoms with Gasteiger partial charge in [0.1, 0.15) is 0 Å². The normalized spacial score (nSPS) is 14.3. The number of nitrogens with one attached hydrogen (secondary N) is 1. The van der Waals surface area contributed by atoms with E-state index in [9.17, 15) is 8.42 Å². The molecule has 15 heavy (non-hydrogen) atoms. The summed E-state index contributed by atoms with van der Waals surface area (Å²) < 4.78 is 30.4. The lowest BCUT2D eigenvalue weighted by molar-refractivity contribution is 0.000761. The highest BCUT2D eigenvalue weighted by molar-refractivity contribution is 7.90. The van der Waals surface area contributed by atoms with E-state index in [-0.39, 0.29) is 5.60 Å². The predicted molar refractivity (Wildman–Crippen MR) is 62.4 cm³/mol. The van der Waals surface area contributed by atoms with Gasteiger partial charge in [-0.3, -0.25) is 0 Å². The van der Waals surface area contributed by atoms with Crippen LogP contribution in [0.1, 0.15) is 41.5 Å². The molecule has 0 fully saturated rings. The average molecular weight is 237 g/mol. The average Bonchev–Trinajstić information content (AvgIpc) is 1.94. The van der Waals surface area contributed by atoms with Crippen molar-refractivity contribution in [3.8, 4) is 0 Å². The van der Waals surface area contributed by atoms with Gasteiger partial charge in [0.25, 0.3) is 0 Å². The van der Waals surface area contributed by atoms with Gasteiger partial charge in [0.05, 0.1) is 17.0 Å². The zero-order valence-corrected chi connectivity index (χ0v) is 11.4. The molecule has 0 aliphatic rings. The molecule has 4 nitrogen and oxygen atoms in total. The summed E-state index contributed by atoms with van der Waals surface area (Å²) in [7, 11) is -3.25. The monoisotopic (exact) mass is 237 g/mol. The van der Waals surface area contributed by atoms with E-state index in [2.05, 4.69) is 4.72 Å². The highest BCUT2D eigenvalue weighted by atomic mass is 32.2. The lowest BCUT2D eigenvalue weighted by Crippen LogP contribution is -2.41. The number of hydrogen-bond donors (Lipinski definition) is 1. The molecule has 0 saturated heterocycles. The van der Waals surface area contributed by atoms with Gasteiger partial charge in [-0.05, 0) is 41.5 Å². The highest BCUT2D eigenvalue weighted by Crippen LogP contribution is 2.12. The smallest absolute Gasteiger partial charge is 0.216 e. The maximum Gasteiger partial charge on any atom is 0.216 e. The summed E-state index contributed by atoms with van der Waals surface area (Å²) in [6.07, 6.45) is 0. The van der Waals surface area contributed by atoms with E-state index in [0.717, 1.165) is 0 Å². The Hall–Kier alpha value is -0.130. The Labute approximate surface area is 93.4 Å². The molecule has 0 unspecified atom stereocenters. The van der Waals surface area contributed by atoms with Gasteiger partial charge in [0.2, 0.25) is 10.0 Å². The molecule has 0 heterocycles. The molecule has 5 heteroatoms. The zero-order valence-electron chi connectivity index (χ0n) is 10.5. The van der Waals surface area contributed by atoms with Crippen LogP contribution in [0.4, 0.5) is 0 Å². The molecular formula is C10H23NO3S. The van der Waals surface area contributed by atoms with E-state index < -0.39 is 14.8 Å². The minimum absolute atomic E-state index is 0.229. The molecule has 1 N–H and O–H groups in total. The zero-order chi connectivity index (χ0) is 12.3. The van der Waals surface area contributed by atoms with Crippen LogP contribution in [0.25, 0.3) is 0 Å². The molecule has 0 bridgehead atoms. The molecule has 0 amide bonds. The van der Waals surface area contributed by atoms with E-state index >= 15 is 0 Å². The minimum Gasteiger partial charge on any atom is -0.375 e. The van der Waals surface area contributed by atoms with Gasteiger partial charge in [-0.2, -0.15) is 0 Å². The van der Waals surface area contributed by atoms with Crippen LogP contribution >= 0.6 is 0 Å². The molecule has 0 aliphatic carbocycles. The van der Waals surface area contributed by atoms with Crippen molar-refractivity contribution in [1.29, 1.82) is 0 Å². The lowest BCUT2D eigenvalue weighted by Gasteiger charge is -2.22. The first kappa shape index (κ1) is 14.9. The first-order chi connectivity index (χ1) is 6.46.